The molecule has 0 radical (unpaired) electrons. The summed E-state index contributed by atoms with van der Waals surface area (Å²) in [5, 5.41) is 2.79. The lowest BCUT2D eigenvalue weighted by molar-refractivity contribution is 0.0949. The summed E-state index contributed by atoms with van der Waals surface area (Å²) in [5.41, 5.74) is 6.57. The van der Waals surface area contributed by atoms with Gasteiger partial charge in [-0.25, -0.2) is 0 Å². The maximum absolute atomic E-state index is 11.3. The van der Waals surface area contributed by atoms with Crippen molar-refractivity contribution in [2.75, 3.05) is 12.3 Å². The van der Waals surface area contributed by atoms with Crippen LogP contribution in [0.25, 0.3) is 0 Å². The molecule has 0 unspecified atom stereocenters. The minimum absolute atomic E-state index is 0.0925. The molecule has 0 atom stereocenters. The summed E-state index contributed by atoms with van der Waals surface area (Å²) in [5.74, 6) is -0.0925. The van der Waals surface area contributed by atoms with Crippen LogP contribution in [-0.2, 0) is 0 Å². The summed E-state index contributed by atoms with van der Waals surface area (Å²) in [4.78, 5) is 14.1. The fourth-order valence-electron chi connectivity index (χ4n) is 1.02. The van der Waals surface area contributed by atoms with E-state index in [-0.39, 0.29) is 5.91 Å². The van der Waals surface area contributed by atoms with Crippen LogP contribution >= 0.6 is 0 Å². The van der Waals surface area contributed by atoms with Crippen LogP contribution in [0.15, 0.2) is 12.3 Å². The van der Waals surface area contributed by atoms with Gasteiger partial charge in [0.15, 0.2) is 0 Å². The summed E-state index contributed by atoms with van der Waals surface area (Å²) in [6.45, 7) is 2.80. The number of amides is 1. The van der Waals surface area contributed by atoms with Gasteiger partial charge in [0, 0.05) is 18.4 Å². The molecule has 1 aromatic heterocycles. The zero-order chi connectivity index (χ0) is 9.68. The van der Waals surface area contributed by atoms with Crippen molar-refractivity contribution in [3.05, 3.63) is 18.0 Å². The van der Waals surface area contributed by atoms with Gasteiger partial charge in [0.2, 0.25) is 0 Å². The first-order chi connectivity index (χ1) is 6.24. The Morgan fingerprint density at radius 1 is 1.69 bits per heavy atom. The van der Waals surface area contributed by atoms with E-state index in [9.17, 15) is 4.79 Å². The van der Waals surface area contributed by atoms with Crippen molar-refractivity contribution in [2.45, 2.75) is 19.8 Å². The summed E-state index contributed by atoms with van der Waals surface area (Å²) in [7, 11) is 0. The molecule has 1 rings (SSSR count). The van der Waals surface area contributed by atoms with Crippen LogP contribution in [0.3, 0.4) is 0 Å². The van der Waals surface area contributed by atoms with Gasteiger partial charge in [-0.2, -0.15) is 0 Å². The Kier molecular flexibility index (Phi) is 3.37. The van der Waals surface area contributed by atoms with Crippen molar-refractivity contribution >= 4 is 11.6 Å². The summed E-state index contributed by atoms with van der Waals surface area (Å²) in [6, 6.07) is 1.63. The number of carbonyl (C=O) groups excluding carboxylic acids is 1. The van der Waals surface area contributed by atoms with Crippen LogP contribution in [0.4, 0.5) is 5.69 Å². The molecule has 4 nitrogen and oxygen atoms in total. The molecule has 0 saturated heterocycles. The van der Waals surface area contributed by atoms with Gasteiger partial charge in [-0.15, -0.1) is 0 Å². The van der Waals surface area contributed by atoms with E-state index in [4.69, 9.17) is 5.73 Å². The Balaban J connectivity index is 2.40. The lowest BCUT2D eigenvalue weighted by Gasteiger charge is -2.00. The van der Waals surface area contributed by atoms with Crippen LogP contribution < -0.4 is 11.1 Å². The SMILES string of the molecule is CCCCNC(=O)c1cc(N)c[nH]1. The molecule has 72 valence electrons. The highest BCUT2D eigenvalue weighted by molar-refractivity contribution is 5.93. The van der Waals surface area contributed by atoms with Crippen LogP contribution in [-0.4, -0.2) is 17.4 Å². The van der Waals surface area contributed by atoms with Gasteiger partial charge in [-0.3, -0.25) is 4.79 Å². The van der Waals surface area contributed by atoms with Gasteiger partial charge >= 0.3 is 0 Å². The summed E-state index contributed by atoms with van der Waals surface area (Å²) in [6.07, 6.45) is 3.68. The predicted octanol–water partition coefficient (Wildman–Crippen LogP) is 1.13. The molecule has 0 aliphatic carbocycles. The van der Waals surface area contributed by atoms with Gasteiger partial charge in [-0.05, 0) is 12.5 Å². The smallest absolute Gasteiger partial charge is 0.267 e. The van der Waals surface area contributed by atoms with E-state index < -0.39 is 0 Å². The van der Waals surface area contributed by atoms with E-state index in [0.29, 0.717) is 17.9 Å². The molecule has 0 aliphatic heterocycles. The first-order valence-corrected chi connectivity index (χ1v) is 4.46. The standard InChI is InChI=1S/C9H15N3O/c1-2-3-4-11-9(13)8-5-7(10)6-12-8/h5-6,12H,2-4,10H2,1H3,(H,11,13). The number of hydrogen-bond acceptors (Lipinski definition) is 2. The van der Waals surface area contributed by atoms with Crippen molar-refractivity contribution in [1.29, 1.82) is 0 Å². The number of nitrogens with one attached hydrogen (secondary N) is 2. The fraction of sp³-hybridized carbons (Fsp3) is 0.444. The molecule has 0 spiro atoms. The van der Waals surface area contributed by atoms with Crippen molar-refractivity contribution in [2.24, 2.45) is 0 Å². The molecule has 1 heterocycles. The second-order valence-electron chi connectivity index (χ2n) is 2.96. The molecule has 1 amide bonds. The van der Waals surface area contributed by atoms with Gasteiger partial charge in [0.25, 0.3) is 5.91 Å². The lowest BCUT2D eigenvalue weighted by atomic mass is 10.3. The number of aromatic nitrogens is 1. The molecular weight excluding hydrogens is 166 g/mol. The van der Waals surface area contributed by atoms with Crippen molar-refractivity contribution in [3.8, 4) is 0 Å². The molecule has 0 fully saturated rings. The second-order valence-corrected chi connectivity index (χ2v) is 2.96. The molecule has 0 aromatic carbocycles. The van der Waals surface area contributed by atoms with Gasteiger partial charge < -0.3 is 16.0 Å². The van der Waals surface area contributed by atoms with Crippen molar-refractivity contribution in [1.82, 2.24) is 10.3 Å². The van der Waals surface area contributed by atoms with Crippen molar-refractivity contribution in [3.63, 3.8) is 0 Å². The average Bonchev–Trinajstić information content (AvgIpc) is 2.52. The van der Waals surface area contributed by atoms with Gasteiger partial charge in [0.1, 0.15) is 5.69 Å². The number of anilines is 1. The molecule has 0 bridgehead atoms. The molecule has 0 aliphatic rings. The van der Waals surface area contributed by atoms with Crippen LogP contribution in [0, 0.1) is 0 Å². The summed E-state index contributed by atoms with van der Waals surface area (Å²) < 4.78 is 0. The van der Waals surface area contributed by atoms with Crippen molar-refractivity contribution < 1.29 is 4.79 Å². The zero-order valence-electron chi connectivity index (χ0n) is 7.76. The number of rotatable bonds is 4. The molecule has 4 heteroatoms. The number of unbranched alkanes of at least 4 members (excludes halogenated alkanes) is 1. The quantitative estimate of drug-likeness (QED) is 0.609. The van der Waals surface area contributed by atoms with E-state index >= 15 is 0 Å². The summed E-state index contributed by atoms with van der Waals surface area (Å²) >= 11 is 0. The minimum Gasteiger partial charge on any atom is -0.397 e. The zero-order valence-corrected chi connectivity index (χ0v) is 7.76. The topological polar surface area (TPSA) is 70.9 Å². The Morgan fingerprint density at radius 2 is 2.46 bits per heavy atom. The highest BCUT2D eigenvalue weighted by Gasteiger charge is 2.05. The van der Waals surface area contributed by atoms with Gasteiger partial charge in [-0.1, -0.05) is 13.3 Å². The van der Waals surface area contributed by atoms with E-state index in [1.165, 1.54) is 0 Å². The molecule has 13 heavy (non-hydrogen) atoms. The Hall–Kier alpha value is -1.45. The Bertz CT molecular complexity index is 280. The normalized spacial score (nSPS) is 9.92. The average molecular weight is 181 g/mol. The van der Waals surface area contributed by atoms with Crippen LogP contribution in [0.5, 0.6) is 0 Å². The molecular formula is C9H15N3O. The largest absolute Gasteiger partial charge is 0.397 e. The monoisotopic (exact) mass is 181 g/mol. The fourth-order valence-corrected chi connectivity index (χ4v) is 1.02. The first kappa shape index (κ1) is 9.64. The third-order valence-corrected chi connectivity index (χ3v) is 1.77. The maximum Gasteiger partial charge on any atom is 0.267 e. The number of hydrogen-bond donors (Lipinski definition) is 3. The first-order valence-electron chi connectivity index (χ1n) is 4.46. The van der Waals surface area contributed by atoms with Crippen LogP contribution in [0.1, 0.15) is 30.3 Å². The van der Waals surface area contributed by atoms with E-state index in [2.05, 4.69) is 17.2 Å². The molecule has 1 aromatic rings. The Morgan fingerprint density at radius 3 is 3.00 bits per heavy atom. The number of nitrogens with two attached hydrogens (primary N) is 1. The van der Waals surface area contributed by atoms with E-state index in [0.717, 1.165) is 12.8 Å². The Labute approximate surface area is 77.5 Å². The maximum atomic E-state index is 11.3. The lowest BCUT2D eigenvalue weighted by Crippen LogP contribution is -2.24. The number of carbonyl (C=O) groups is 1. The van der Waals surface area contributed by atoms with Gasteiger partial charge in [0.05, 0.1) is 0 Å². The minimum atomic E-state index is -0.0925. The number of nitrogen functional groups attached to an aromatic ring is 1. The van der Waals surface area contributed by atoms with E-state index in [1.807, 2.05) is 0 Å². The molecule has 4 N–H and O–H groups in total. The third kappa shape index (κ3) is 2.82. The predicted molar refractivity (Wildman–Crippen MR) is 52.4 cm³/mol. The second kappa shape index (κ2) is 4.54. The number of H-pyrrole nitrogens is 1. The highest BCUT2D eigenvalue weighted by atomic mass is 16.1. The van der Waals surface area contributed by atoms with Crippen LogP contribution in [0.2, 0.25) is 0 Å². The third-order valence-electron chi connectivity index (χ3n) is 1.77. The molecule has 0 saturated carbocycles. The van der Waals surface area contributed by atoms with E-state index in [1.54, 1.807) is 12.3 Å². The highest BCUT2D eigenvalue weighted by Crippen LogP contribution is 2.03. The number of aromatic amines is 1.